The van der Waals surface area contributed by atoms with E-state index in [9.17, 15) is 0 Å². The first-order valence-electron chi connectivity index (χ1n) is 7.98. The van der Waals surface area contributed by atoms with Gasteiger partial charge in [0.1, 0.15) is 23.5 Å². The highest BCUT2D eigenvalue weighted by molar-refractivity contribution is 5.59. The maximum Gasteiger partial charge on any atom is 0.276 e. The van der Waals surface area contributed by atoms with Crippen molar-refractivity contribution in [3.05, 3.63) is 42.1 Å². The molecule has 4 rings (SSSR count). The fraction of sp³-hybridized carbons (Fsp3) is 0.235. The molecule has 0 aliphatic carbocycles. The highest BCUT2D eigenvalue weighted by Crippen LogP contribution is 2.30. The molecule has 1 unspecified atom stereocenters. The van der Waals surface area contributed by atoms with Crippen LogP contribution in [0.2, 0.25) is 0 Å². The molecular formula is C17H12N8O. The first kappa shape index (κ1) is 15.7. The summed E-state index contributed by atoms with van der Waals surface area (Å²) in [5, 5.41) is 22.2. The molecule has 1 saturated heterocycles. The molecular weight excluding hydrogens is 332 g/mol. The fourth-order valence-electron chi connectivity index (χ4n) is 2.88. The molecule has 1 aliphatic heterocycles. The molecule has 1 aliphatic rings. The molecule has 4 heterocycles. The normalized spacial score (nSPS) is 16.2. The lowest BCUT2D eigenvalue weighted by atomic mass is 10.2. The molecule has 3 aromatic heterocycles. The smallest absolute Gasteiger partial charge is 0.276 e. The summed E-state index contributed by atoms with van der Waals surface area (Å²) in [7, 11) is 0. The van der Waals surface area contributed by atoms with Crippen LogP contribution in [0.5, 0.6) is 0 Å². The second kappa shape index (κ2) is 6.57. The van der Waals surface area contributed by atoms with Crippen molar-refractivity contribution in [1.29, 1.82) is 10.5 Å². The van der Waals surface area contributed by atoms with Gasteiger partial charge in [-0.25, -0.2) is 15.0 Å². The topological polar surface area (TPSA) is 128 Å². The predicted molar refractivity (Wildman–Crippen MR) is 87.6 cm³/mol. The maximum atomic E-state index is 9.17. The van der Waals surface area contributed by atoms with Gasteiger partial charge < -0.3 is 4.52 Å². The molecule has 0 aromatic carbocycles. The van der Waals surface area contributed by atoms with E-state index in [1.165, 1.54) is 6.20 Å². The van der Waals surface area contributed by atoms with E-state index in [2.05, 4.69) is 31.3 Å². The summed E-state index contributed by atoms with van der Waals surface area (Å²) in [6.45, 7) is 0.700. The SMILES string of the molecule is N#Cc1cc(-c2nccc(-c3nc(C4CCCN4C#N)no3)n2)ccn1. The van der Waals surface area contributed by atoms with E-state index in [0.717, 1.165) is 12.8 Å². The van der Waals surface area contributed by atoms with Crippen LogP contribution in [0.3, 0.4) is 0 Å². The largest absolute Gasteiger partial charge is 0.332 e. The Morgan fingerprint density at radius 1 is 1.15 bits per heavy atom. The minimum Gasteiger partial charge on any atom is -0.332 e. The van der Waals surface area contributed by atoms with Crippen LogP contribution in [-0.2, 0) is 0 Å². The first-order valence-corrected chi connectivity index (χ1v) is 7.98. The summed E-state index contributed by atoms with van der Waals surface area (Å²) in [6.07, 6.45) is 7.01. The third kappa shape index (κ3) is 2.82. The molecule has 0 amide bonds. The summed E-state index contributed by atoms with van der Waals surface area (Å²) in [6, 6.07) is 6.84. The lowest BCUT2D eigenvalue weighted by Crippen LogP contribution is -2.17. The zero-order valence-electron chi connectivity index (χ0n) is 13.6. The zero-order valence-corrected chi connectivity index (χ0v) is 13.6. The molecule has 1 fully saturated rings. The van der Waals surface area contributed by atoms with E-state index in [1.54, 1.807) is 29.3 Å². The van der Waals surface area contributed by atoms with Crippen LogP contribution in [-0.4, -0.2) is 36.5 Å². The summed E-state index contributed by atoms with van der Waals surface area (Å²) >= 11 is 0. The second-order valence-electron chi connectivity index (χ2n) is 5.72. The van der Waals surface area contributed by atoms with Gasteiger partial charge in [-0.15, -0.1) is 0 Å². The van der Waals surface area contributed by atoms with Gasteiger partial charge in [0.05, 0.1) is 0 Å². The minimum atomic E-state index is -0.155. The van der Waals surface area contributed by atoms with Crippen molar-refractivity contribution in [2.75, 3.05) is 6.54 Å². The second-order valence-corrected chi connectivity index (χ2v) is 5.72. The summed E-state index contributed by atoms with van der Waals surface area (Å²) in [4.78, 5) is 18.7. The van der Waals surface area contributed by atoms with Gasteiger partial charge in [-0.3, -0.25) is 4.90 Å². The van der Waals surface area contributed by atoms with Crippen LogP contribution in [0.15, 0.2) is 35.1 Å². The van der Waals surface area contributed by atoms with Crippen molar-refractivity contribution in [2.24, 2.45) is 0 Å². The summed E-state index contributed by atoms with van der Waals surface area (Å²) in [5.41, 5.74) is 1.43. The van der Waals surface area contributed by atoms with E-state index >= 15 is 0 Å². The van der Waals surface area contributed by atoms with Gasteiger partial charge in [0.2, 0.25) is 0 Å². The number of hydrogen-bond donors (Lipinski definition) is 0. The molecule has 0 bridgehead atoms. The number of pyridine rings is 1. The van der Waals surface area contributed by atoms with Gasteiger partial charge in [0.25, 0.3) is 5.89 Å². The Morgan fingerprint density at radius 3 is 2.88 bits per heavy atom. The molecule has 9 heteroatoms. The van der Waals surface area contributed by atoms with Gasteiger partial charge in [-0.2, -0.15) is 15.5 Å². The Kier molecular flexibility index (Phi) is 3.96. The average molecular weight is 344 g/mol. The van der Waals surface area contributed by atoms with Gasteiger partial charge in [-0.05, 0) is 31.0 Å². The van der Waals surface area contributed by atoms with E-state index in [0.29, 0.717) is 29.5 Å². The first-order chi connectivity index (χ1) is 12.8. The average Bonchev–Trinajstić information content (AvgIpc) is 3.37. The monoisotopic (exact) mass is 344 g/mol. The number of rotatable bonds is 3. The standard InChI is InChI=1S/C17H12N8O/c18-9-12-8-11(3-5-20-12)15-21-6-4-13(22-15)17-23-16(24-26-17)14-2-1-7-25(14)10-19/h3-6,8,14H,1-2,7H2. The minimum absolute atomic E-state index is 0.155. The third-order valence-electron chi connectivity index (χ3n) is 4.13. The molecule has 0 radical (unpaired) electrons. The number of hydrogen-bond acceptors (Lipinski definition) is 9. The van der Waals surface area contributed by atoms with Crippen molar-refractivity contribution in [1.82, 2.24) is 30.0 Å². The molecule has 1 atom stereocenters. The Hall–Kier alpha value is -3.85. The van der Waals surface area contributed by atoms with Crippen molar-refractivity contribution >= 4 is 0 Å². The van der Waals surface area contributed by atoms with E-state index < -0.39 is 0 Å². The number of likely N-dealkylation sites (tertiary alicyclic amines) is 1. The molecule has 0 saturated carbocycles. The van der Waals surface area contributed by atoms with E-state index in [-0.39, 0.29) is 17.6 Å². The highest BCUT2D eigenvalue weighted by atomic mass is 16.5. The number of nitrogens with zero attached hydrogens (tertiary/aromatic N) is 8. The van der Waals surface area contributed by atoms with Crippen LogP contribution >= 0.6 is 0 Å². The van der Waals surface area contributed by atoms with Crippen LogP contribution in [0.4, 0.5) is 0 Å². The van der Waals surface area contributed by atoms with Gasteiger partial charge in [0.15, 0.2) is 17.8 Å². The molecule has 126 valence electrons. The fourth-order valence-corrected chi connectivity index (χ4v) is 2.88. The van der Waals surface area contributed by atoms with Crippen molar-refractivity contribution in [2.45, 2.75) is 18.9 Å². The highest BCUT2D eigenvalue weighted by Gasteiger charge is 2.29. The number of aromatic nitrogens is 5. The van der Waals surface area contributed by atoms with Gasteiger partial charge >= 0.3 is 0 Å². The van der Waals surface area contributed by atoms with Gasteiger partial charge in [0, 0.05) is 24.5 Å². The Balaban J connectivity index is 1.65. The Labute approximate surface area is 148 Å². The van der Waals surface area contributed by atoms with Crippen LogP contribution in [0.25, 0.3) is 23.0 Å². The molecule has 9 nitrogen and oxygen atoms in total. The van der Waals surface area contributed by atoms with Crippen LogP contribution in [0, 0.1) is 22.8 Å². The molecule has 3 aromatic rings. The third-order valence-corrected chi connectivity index (χ3v) is 4.13. The number of nitriles is 2. The van der Waals surface area contributed by atoms with Crippen molar-refractivity contribution < 1.29 is 4.52 Å². The molecule has 0 N–H and O–H groups in total. The van der Waals surface area contributed by atoms with Crippen molar-refractivity contribution in [3.8, 4) is 35.2 Å². The Bertz CT molecular complexity index is 1030. The van der Waals surface area contributed by atoms with Crippen LogP contribution < -0.4 is 0 Å². The molecule has 0 spiro atoms. The zero-order chi connectivity index (χ0) is 17.9. The molecule has 26 heavy (non-hydrogen) atoms. The summed E-state index contributed by atoms with van der Waals surface area (Å²) < 4.78 is 5.34. The predicted octanol–water partition coefficient (Wildman–Crippen LogP) is 2.08. The van der Waals surface area contributed by atoms with Crippen molar-refractivity contribution in [3.63, 3.8) is 0 Å². The van der Waals surface area contributed by atoms with Gasteiger partial charge in [-0.1, -0.05) is 5.16 Å². The quantitative estimate of drug-likeness (QED) is 0.655. The lowest BCUT2D eigenvalue weighted by Gasteiger charge is -2.13. The van der Waals surface area contributed by atoms with E-state index in [4.69, 9.17) is 15.0 Å². The van der Waals surface area contributed by atoms with E-state index in [1.807, 2.05) is 6.07 Å². The van der Waals surface area contributed by atoms with Crippen LogP contribution in [0.1, 0.15) is 30.4 Å². The maximum absolute atomic E-state index is 9.17. The Morgan fingerprint density at radius 2 is 2.04 bits per heavy atom. The summed E-state index contributed by atoms with van der Waals surface area (Å²) in [5.74, 6) is 1.18. The lowest BCUT2D eigenvalue weighted by molar-refractivity contribution is 0.339.